The van der Waals surface area contributed by atoms with Gasteiger partial charge in [0.25, 0.3) is 0 Å². The molecule has 0 saturated heterocycles. The van der Waals surface area contributed by atoms with E-state index in [4.69, 9.17) is 0 Å². The van der Waals surface area contributed by atoms with Gasteiger partial charge in [0.1, 0.15) is 13.1 Å². The van der Waals surface area contributed by atoms with Crippen molar-refractivity contribution in [1.29, 1.82) is 0 Å². The van der Waals surface area contributed by atoms with E-state index in [9.17, 15) is 10.4 Å². The quantitative estimate of drug-likeness (QED) is 0.469. The van der Waals surface area contributed by atoms with Crippen LogP contribution in [0.5, 0.6) is 0 Å². The van der Waals surface area contributed by atoms with Crippen LogP contribution in [0.3, 0.4) is 0 Å². The van der Waals surface area contributed by atoms with Gasteiger partial charge < -0.3 is 4.90 Å². The Hall–Kier alpha value is -0.160. The van der Waals surface area contributed by atoms with Crippen LogP contribution in [-0.2, 0) is 0 Å². The van der Waals surface area contributed by atoms with E-state index in [0.29, 0.717) is 13.1 Å². The molecular weight excluding hydrogens is 156 g/mol. The summed E-state index contributed by atoms with van der Waals surface area (Å²) in [7, 11) is 3.95. The summed E-state index contributed by atoms with van der Waals surface area (Å²) >= 11 is 0. The van der Waals surface area contributed by atoms with Crippen LogP contribution in [0.15, 0.2) is 0 Å². The Balaban J connectivity index is 3.46. The fraction of sp³-hybridized carbons (Fsp3) is 1.00. The molecular formula is C8H21N2O2+. The van der Waals surface area contributed by atoms with Crippen LogP contribution < -0.4 is 0 Å². The summed E-state index contributed by atoms with van der Waals surface area (Å²) in [6.07, 6.45) is 1.59. The van der Waals surface area contributed by atoms with Gasteiger partial charge in [-0.3, -0.25) is 0 Å². The van der Waals surface area contributed by atoms with E-state index in [1.807, 2.05) is 25.9 Å². The molecule has 4 heteroatoms. The average Bonchev–Trinajstić information content (AvgIpc) is 1.85. The summed E-state index contributed by atoms with van der Waals surface area (Å²) in [6.45, 7) is 3.65. The maximum atomic E-state index is 9.30. The maximum Gasteiger partial charge on any atom is 0.143 e. The first-order valence-electron chi connectivity index (χ1n) is 4.45. The van der Waals surface area contributed by atoms with Crippen LogP contribution in [0.2, 0.25) is 0 Å². The lowest BCUT2D eigenvalue weighted by Crippen LogP contribution is -2.43. The van der Waals surface area contributed by atoms with Crippen molar-refractivity contribution < 1.29 is 15.2 Å². The lowest BCUT2D eigenvalue weighted by molar-refractivity contribution is -1.24. The zero-order valence-corrected chi connectivity index (χ0v) is 8.32. The van der Waals surface area contributed by atoms with Crippen molar-refractivity contribution in [3.8, 4) is 0 Å². The topological polar surface area (TPSA) is 43.7 Å². The van der Waals surface area contributed by atoms with Crippen molar-refractivity contribution in [2.45, 2.75) is 19.8 Å². The van der Waals surface area contributed by atoms with E-state index in [-0.39, 0.29) is 0 Å². The normalized spacial score (nSPS) is 12.5. The van der Waals surface area contributed by atoms with E-state index in [2.05, 4.69) is 0 Å². The molecule has 0 spiro atoms. The van der Waals surface area contributed by atoms with E-state index in [1.54, 1.807) is 0 Å². The van der Waals surface area contributed by atoms with Crippen LogP contribution in [0.4, 0.5) is 0 Å². The molecule has 74 valence electrons. The molecule has 0 aromatic rings. The third-order valence-electron chi connectivity index (χ3n) is 1.70. The Bertz CT molecular complexity index is 116. The first-order valence-corrected chi connectivity index (χ1v) is 4.45. The van der Waals surface area contributed by atoms with Crippen LogP contribution in [0.1, 0.15) is 19.8 Å². The fourth-order valence-corrected chi connectivity index (χ4v) is 1.11. The smallest absolute Gasteiger partial charge is 0.143 e. The molecule has 0 aromatic carbocycles. The zero-order valence-electron chi connectivity index (χ0n) is 8.32. The van der Waals surface area contributed by atoms with Crippen LogP contribution in [0.25, 0.3) is 0 Å². The highest BCUT2D eigenvalue weighted by atomic mass is 16.8. The van der Waals surface area contributed by atoms with E-state index in [0.717, 1.165) is 19.4 Å². The van der Waals surface area contributed by atoms with E-state index >= 15 is 0 Å². The van der Waals surface area contributed by atoms with Crippen molar-refractivity contribution in [1.82, 2.24) is 4.90 Å². The van der Waals surface area contributed by atoms with Gasteiger partial charge in [-0.1, -0.05) is 6.92 Å². The van der Waals surface area contributed by atoms with Gasteiger partial charge >= 0.3 is 0 Å². The second kappa shape index (κ2) is 5.48. The van der Waals surface area contributed by atoms with Gasteiger partial charge in [-0.25, -0.2) is 0 Å². The second-order valence-corrected chi connectivity index (χ2v) is 3.48. The molecule has 0 amide bonds. The number of hydrogen-bond donors (Lipinski definition) is 2. The van der Waals surface area contributed by atoms with E-state index < -0.39 is 4.81 Å². The fourth-order valence-electron chi connectivity index (χ4n) is 1.11. The SMILES string of the molecule is CCC[N+](O)(O)CCCN(C)C. The third kappa shape index (κ3) is 6.54. The number of rotatable bonds is 6. The lowest BCUT2D eigenvalue weighted by atomic mass is 10.3. The van der Waals surface area contributed by atoms with Gasteiger partial charge in [-0.15, -0.1) is 0 Å². The number of hydroxylamine groups is 4. The molecule has 0 atom stereocenters. The second-order valence-electron chi connectivity index (χ2n) is 3.48. The van der Waals surface area contributed by atoms with Crippen molar-refractivity contribution in [2.24, 2.45) is 0 Å². The summed E-state index contributed by atoms with van der Waals surface area (Å²) in [5, 5.41) is 18.6. The molecule has 2 N–H and O–H groups in total. The maximum absolute atomic E-state index is 9.30. The molecule has 0 rings (SSSR count). The number of quaternary nitrogens is 1. The van der Waals surface area contributed by atoms with Crippen LogP contribution in [-0.4, -0.2) is 53.9 Å². The Labute approximate surface area is 74.5 Å². The molecule has 0 unspecified atom stereocenters. The molecule has 4 nitrogen and oxygen atoms in total. The molecule has 0 aliphatic rings. The van der Waals surface area contributed by atoms with Crippen molar-refractivity contribution >= 4 is 0 Å². The third-order valence-corrected chi connectivity index (χ3v) is 1.70. The highest BCUT2D eigenvalue weighted by Crippen LogP contribution is 2.00. The monoisotopic (exact) mass is 177 g/mol. The predicted octanol–water partition coefficient (Wildman–Crippen LogP) is 0.943. The molecule has 0 radical (unpaired) electrons. The average molecular weight is 177 g/mol. The van der Waals surface area contributed by atoms with Gasteiger partial charge in [-0.05, 0) is 25.3 Å². The predicted molar refractivity (Wildman–Crippen MR) is 47.0 cm³/mol. The summed E-state index contributed by atoms with van der Waals surface area (Å²) < 4.78 is 0. The molecule has 0 aliphatic carbocycles. The molecule has 0 heterocycles. The van der Waals surface area contributed by atoms with Gasteiger partial charge in [-0.2, -0.15) is 10.4 Å². The summed E-state index contributed by atoms with van der Waals surface area (Å²) in [6, 6.07) is 0. The molecule has 0 saturated carbocycles. The first kappa shape index (κ1) is 11.8. The number of hydrogen-bond acceptors (Lipinski definition) is 3. The van der Waals surface area contributed by atoms with E-state index in [1.165, 1.54) is 0 Å². The molecule has 0 fully saturated rings. The summed E-state index contributed by atoms with van der Waals surface area (Å²) in [5.74, 6) is 0. The zero-order chi connectivity index (χ0) is 9.61. The van der Waals surface area contributed by atoms with Crippen molar-refractivity contribution in [3.63, 3.8) is 0 Å². The molecule has 0 aromatic heterocycles. The summed E-state index contributed by atoms with van der Waals surface area (Å²) in [4.78, 5) is 1.20. The standard InChI is InChI=1S/C8H21N2O2/c1-4-7-10(11,12)8-5-6-9(2)3/h11-12H,4-8H2,1-3H3/q+1. The van der Waals surface area contributed by atoms with Crippen LogP contribution >= 0.6 is 0 Å². The van der Waals surface area contributed by atoms with Gasteiger partial charge in [0.15, 0.2) is 0 Å². The van der Waals surface area contributed by atoms with Crippen molar-refractivity contribution in [3.05, 3.63) is 0 Å². The Kier molecular flexibility index (Phi) is 5.41. The first-order chi connectivity index (χ1) is 5.48. The lowest BCUT2D eigenvalue weighted by Gasteiger charge is -2.21. The Morgan fingerprint density at radius 1 is 1.17 bits per heavy atom. The minimum atomic E-state index is -0.829. The Morgan fingerprint density at radius 2 is 1.75 bits per heavy atom. The molecule has 0 bridgehead atoms. The van der Waals surface area contributed by atoms with Gasteiger partial charge in [0.05, 0.1) is 0 Å². The minimum Gasteiger partial charge on any atom is -0.309 e. The largest absolute Gasteiger partial charge is 0.309 e. The van der Waals surface area contributed by atoms with Gasteiger partial charge in [0.2, 0.25) is 0 Å². The summed E-state index contributed by atoms with van der Waals surface area (Å²) in [5.41, 5.74) is 0. The van der Waals surface area contributed by atoms with Crippen LogP contribution in [0, 0.1) is 0 Å². The highest BCUT2D eigenvalue weighted by Gasteiger charge is 2.20. The molecule has 12 heavy (non-hydrogen) atoms. The molecule has 0 aliphatic heterocycles. The van der Waals surface area contributed by atoms with Gasteiger partial charge in [0, 0.05) is 13.0 Å². The minimum absolute atomic E-state index is 0.409. The Morgan fingerprint density at radius 3 is 2.17 bits per heavy atom. The number of nitrogens with zero attached hydrogens (tertiary/aromatic N) is 2. The highest BCUT2D eigenvalue weighted by molar-refractivity contribution is 4.41. The van der Waals surface area contributed by atoms with Crippen molar-refractivity contribution in [2.75, 3.05) is 33.7 Å².